The Bertz CT molecular complexity index is 548. The van der Waals surface area contributed by atoms with Crippen molar-refractivity contribution in [2.45, 2.75) is 44.6 Å². The number of carbonyl (C=O) groups is 1. The number of likely N-dealkylation sites (N-methyl/N-ethyl adjacent to an activating group) is 1. The fourth-order valence-corrected chi connectivity index (χ4v) is 4.14. The van der Waals surface area contributed by atoms with Gasteiger partial charge >= 0.3 is 0 Å². The molecular weight excluding hydrogens is 314 g/mol. The lowest BCUT2D eigenvalue weighted by Crippen LogP contribution is -2.51. The first kappa shape index (κ1) is 16.8. The van der Waals surface area contributed by atoms with Gasteiger partial charge in [0, 0.05) is 38.1 Å². The SMILES string of the molecule is Cc1ncsc1CN1CCO[C@H]2[C@H](OCC(=O)N(C)C)CC[C@@H]21. The van der Waals surface area contributed by atoms with Gasteiger partial charge in [0.25, 0.3) is 0 Å². The van der Waals surface area contributed by atoms with Gasteiger partial charge in [-0.2, -0.15) is 0 Å². The van der Waals surface area contributed by atoms with Crippen LogP contribution in [0.5, 0.6) is 0 Å². The number of hydrogen-bond donors (Lipinski definition) is 0. The van der Waals surface area contributed by atoms with Crippen molar-refractivity contribution in [1.29, 1.82) is 0 Å². The average molecular weight is 339 g/mol. The molecule has 3 rings (SSSR count). The third-order valence-electron chi connectivity index (χ3n) is 4.76. The lowest BCUT2D eigenvalue weighted by atomic mass is 10.1. The molecule has 2 aliphatic rings. The van der Waals surface area contributed by atoms with Crippen molar-refractivity contribution in [1.82, 2.24) is 14.8 Å². The number of rotatable bonds is 5. The Hall–Kier alpha value is -1.02. The molecule has 2 heterocycles. The molecule has 6 nitrogen and oxygen atoms in total. The van der Waals surface area contributed by atoms with Gasteiger partial charge in [-0.3, -0.25) is 9.69 Å². The highest BCUT2D eigenvalue weighted by Gasteiger charge is 2.43. The van der Waals surface area contributed by atoms with Gasteiger partial charge in [0.15, 0.2) is 0 Å². The molecule has 0 aromatic carbocycles. The van der Waals surface area contributed by atoms with E-state index in [0.717, 1.165) is 38.2 Å². The Balaban J connectivity index is 1.59. The highest BCUT2D eigenvalue weighted by atomic mass is 32.1. The number of hydrogen-bond acceptors (Lipinski definition) is 6. The van der Waals surface area contributed by atoms with E-state index in [1.54, 1.807) is 30.3 Å². The number of thiazole rings is 1. The number of carbonyl (C=O) groups excluding carboxylic acids is 1. The molecule has 3 atom stereocenters. The summed E-state index contributed by atoms with van der Waals surface area (Å²) in [5.41, 5.74) is 3.04. The molecule has 2 fully saturated rings. The highest BCUT2D eigenvalue weighted by molar-refractivity contribution is 7.09. The van der Waals surface area contributed by atoms with Gasteiger partial charge in [-0.25, -0.2) is 4.98 Å². The van der Waals surface area contributed by atoms with E-state index in [2.05, 4.69) is 16.8 Å². The highest BCUT2D eigenvalue weighted by Crippen LogP contribution is 2.33. The zero-order valence-electron chi connectivity index (χ0n) is 14.0. The molecule has 1 amide bonds. The predicted molar refractivity (Wildman–Crippen MR) is 88.5 cm³/mol. The Morgan fingerprint density at radius 1 is 1.52 bits per heavy atom. The monoisotopic (exact) mass is 339 g/mol. The van der Waals surface area contributed by atoms with Gasteiger partial charge in [0.1, 0.15) is 6.61 Å². The molecule has 0 N–H and O–H groups in total. The predicted octanol–water partition coefficient (Wildman–Crippen LogP) is 1.29. The minimum absolute atomic E-state index is 0.00130. The van der Waals surface area contributed by atoms with Crippen molar-refractivity contribution in [3.63, 3.8) is 0 Å². The fraction of sp³-hybridized carbons (Fsp3) is 0.750. The largest absolute Gasteiger partial charge is 0.373 e. The molecule has 0 bridgehead atoms. The summed E-state index contributed by atoms with van der Waals surface area (Å²) in [6.07, 6.45) is 2.11. The van der Waals surface area contributed by atoms with Gasteiger partial charge in [-0.1, -0.05) is 0 Å². The molecule has 7 heteroatoms. The fourth-order valence-electron chi connectivity index (χ4n) is 3.34. The third-order valence-corrected chi connectivity index (χ3v) is 5.68. The molecule has 0 unspecified atom stereocenters. The summed E-state index contributed by atoms with van der Waals surface area (Å²) in [6.45, 7) is 4.81. The zero-order valence-corrected chi connectivity index (χ0v) is 14.8. The molecule has 23 heavy (non-hydrogen) atoms. The molecule has 0 radical (unpaired) electrons. The van der Waals surface area contributed by atoms with Crippen LogP contribution >= 0.6 is 11.3 Å². The Morgan fingerprint density at radius 3 is 3.04 bits per heavy atom. The number of morpholine rings is 1. The smallest absolute Gasteiger partial charge is 0.248 e. The molecule has 1 aliphatic carbocycles. The van der Waals surface area contributed by atoms with Crippen LogP contribution < -0.4 is 0 Å². The number of aryl methyl sites for hydroxylation is 1. The quantitative estimate of drug-likeness (QED) is 0.809. The van der Waals surface area contributed by atoms with Crippen molar-refractivity contribution in [2.75, 3.05) is 33.9 Å². The van der Waals surface area contributed by atoms with Gasteiger partial charge in [0.2, 0.25) is 5.91 Å². The normalized spacial score (nSPS) is 27.9. The van der Waals surface area contributed by atoms with Crippen LogP contribution in [0.25, 0.3) is 0 Å². The molecule has 0 spiro atoms. The summed E-state index contributed by atoms with van der Waals surface area (Å²) in [4.78, 5) is 21.4. The molecular formula is C16H25N3O3S. The molecule has 1 aliphatic heterocycles. The third kappa shape index (κ3) is 3.74. The lowest BCUT2D eigenvalue weighted by molar-refractivity contribution is -0.144. The van der Waals surface area contributed by atoms with Crippen molar-refractivity contribution < 1.29 is 14.3 Å². The first-order valence-corrected chi connectivity index (χ1v) is 9.00. The van der Waals surface area contributed by atoms with E-state index in [-0.39, 0.29) is 24.7 Å². The summed E-state index contributed by atoms with van der Waals surface area (Å²) in [5.74, 6) is 0.00130. The summed E-state index contributed by atoms with van der Waals surface area (Å²) in [5, 5.41) is 0. The van der Waals surface area contributed by atoms with Crippen molar-refractivity contribution in [3.8, 4) is 0 Å². The summed E-state index contributed by atoms with van der Waals surface area (Å²) in [7, 11) is 3.50. The second-order valence-electron chi connectivity index (χ2n) is 6.45. The van der Waals surface area contributed by atoms with Crippen LogP contribution in [0.4, 0.5) is 0 Å². The van der Waals surface area contributed by atoms with E-state index < -0.39 is 0 Å². The van der Waals surface area contributed by atoms with Crippen LogP contribution in [0.2, 0.25) is 0 Å². The van der Waals surface area contributed by atoms with Crippen molar-refractivity contribution in [2.24, 2.45) is 0 Å². The standard InChI is InChI=1S/C16H25N3O3S/c1-11-14(23-10-17-11)8-19-6-7-21-16-12(19)4-5-13(16)22-9-15(20)18(2)3/h10,12-13,16H,4-9H2,1-3H3/t12-,13+,16+/m0/s1. The van der Waals surface area contributed by atoms with Gasteiger partial charge < -0.3 is 14.4 Å². The van der Waals surface area contributed by atoms with Crippen LogP contribution in [0.1, 0.15) is 23.4 Å². The minimum atomic E-state index is 0.00130. The van der Waals surface area contributed by atoms with Gasteiger partial charge in [0.05, 0.1) is 30.0 Å². The Labute approximate surface area is 141 Å². The van der Waals surface area contributed by atoms with Crippen LogP contribution in [0.3, 0.4) is 0 Å². The van der Waals surface area contributed by atoms with Crippen LogP contribution in [0.15, 0.2) is 5.51 Å². The van der Waals surface area contributed by atoms with Crippen LogP contribution in [-0.4, -0.2) is 72.8 Å². The lowest BCUT2D eigenvalue weighted by Gasteiger charge is -2.38. The molecule has 1 saturated heterocycles. The second kappa shape index (κ2) is 7.25. The topological polar surface area (TPSA) is 54.9 Å². The van der Waals surface area contributed by atoms with E-state index >= 15 is 0 Å². The second-order valence-corrected chi connectivity index (χ2v) is 7.39. The summed E-state index contributed by atoms with van der Waals surface area (Å²) < 4.78 is 11.8. The Morgan fingerprint density at radius 2 is 2.35 bits per heavy atom. The van der Waals surface area contributed by atoms with Crippen molar-refractivity contribution >= 4 is 17.2 Å². The summed E-state index contributed by atoms with van der Waals surface area (Å²) in [6, 6.07) is 0.379. The van der Waals surface area contributed by atoms with Crippen LogP contribution in [-0.2, 0) is 20.8 Å². The number of ether oxygens (including phenoxy) is 2. The van der Waals surface area contributed by atoms with Crippen molar-refractivity contribution in [3.05, 3.63) is 16.1 Å². The number of aromatic nitrogens is 1. The molecule has 1 aromatic rings. The maximum atomic E-state index is 11.7. The van der Waals surface area contributed by atoms with E-state index in [9.17, 15) is 4.79 Å². The first-order valence-electron chi connectivity index (χ1n) is 8.12. The maximum absolute atomic E-state index is 11.7. The first-order chi connectivity index (χ1) is 11.1. The molecule has 128 valence electrons. The van der Waals surface area contributed by atoms with E-state index in [0.29, 0.717) is 6.04 Å². The maximum Gasteiger partial charge on any atom is 0.248 e. The minimum Gasteiger partial charge on any atom is -0.373 e. The Kier molecular flexibility index (Phi) is 5.31. The van der Waals surface area contributed by atoms with E-state index in [4.69, 9.17) is 9.47 Å². The number of nitrogens with zero attached hydrogens (tertiary/aromatic N) is 3. The average Bonchev–Trinajstić information content (AvgIpc) is 3.12. The van der Waals surface area contributed by atoms with Gasteiger partial charge in [-0.15, -0.1) is 11.3 Å². The molecule has 1 saturated carbocycles. The van der Waals surface area contributed by atoms with E-state index in [1.807, 2.05) is 5.51 Å². The van der Waals surface area contributed by atoms with Crippen LogP contribution in [0, 0.1) is 6.92 Å². The molecule has 1 aromatic heterocycles. The zero-order chi connectivity index (χ0) is 16.4. The van der Waals surface area contributed by atoms with E-state index in [1.165, 1.54) is 4.88 Å². The van der Waals surface area contributed by atoms with Gasteiger partial charge in [-0.05, 0) is 19.8 Å². The summed E-state index contributed by atoms with van der Waals surface area (Å²) >= 11 is 1.72. The number of fused-ring (bicyclic) bond motifs is 1. The number of amides is 1.